The number of carbonyl (C=O) groups is 1. The Labute approximate surface area is 153 Å². The van der Waals surface area contributed by atoms with E-state index in [0.29, 0.717) is 26.1 Å². The number of thiophene rings is 1. The molecule has 1 aliphatic rings. The molecule has 0 saturated carbocycles. The van der Waals surface area contributed by atoms with Gasteiger partial charge in [0.15, 0.2) is 0 Å². The molecule has 1 atom stereocenters. The molecule has 2 aromatic heterocycles. The lowest BCUT2D eigenvalue weighted by molar-refractivity contribution is -0.135. The van der Waals surface area contributed by atoms with Crippen molar-refractivity contribution in [3.63, 3.8) is 0 Å². The molecule has 3 heterocycles. The highest BCUT2D eigenvalue weighted by Gasteiger charge is 2.27. The molecule has 0 aliphatic carbocycles. The summed E-state index contributed by atoms with van der Waals surface area (Å²) in [6, 6.07) is 6.03. The van der Waals surface area contributed by atoms with Crippen LogP contribution in [0.25, 0.3) is 0 Å². The minimum Gasteiger partial charge on any atom is -0.464 e. The maximum absolute atomic E-state index is 13.0. The van der Waals surface area contributed by atoms with Gasteiger partial charge < -0.3 is 19.0 Å². The van der Waals surface area contributed by atoms with Gasteiger partial charge in [0.2, 0.25) is 5.91 Å². The molecule has 2 aromatic rings. The van der Waals surface area contributed by atoms with Gasteiger partial charge in [-0.15, -0.1) is 11.3 Å². The molecule has 1 aliphatic heterocycles. The predicted octanol–water partition coefficient (Wildman–Crippen LogP) is 3.24. The fourth-order valence-corrected chi connectivity index (χ4v) is 4.04. The fraction of sp³-hybridized carbons (Fsp3) is 0.526. The summed E-state index contributed by atoms with van der Waals surface area (Å²) >= 11 is 1.69. The topological polar surface area (TPSA) is 45.9 Å². The minimum atomic E-state index is -0.114. The van der Waals surface area contributed by atoms with Crippen LogP contribution in [0.5, 0.6) is 0 Å². The van der Waals surface area contributed by atoms with Gasteiger partial charge in [-0.3, -0.25) is 4.79 Å². The Hall–Kier alpha value is -1.63. The zero-order valence-electron chi connectivity index (χ0n) is 15.2. The van der Waals surface area contributed by atoms with Crippen molar-refractivity contribution in [3.05, 3.63) is 45.5 Å². The lowest BCUT2D eigenvalue weighted by Gasteiger charge is -2.27. The number of nitrogens with zero attached hydrogens (tertiary/aromatic N) is 2. The first-order valence-corrected chi connectivity index (χ1v) is 9.56. The summed E-state index contributed by atoms with van der Waals surface area (Å²) in [5, 5.41) is 2.09. The van der Waals surface area contributed by atoms with Crippen LogP contribution < -0.4 is 0 Å². The molecule has 0 fully saturated rings. The zero-order valence-corrected chi connectivity index (χ0v) is 16.0. The maximum atomic E-state index is 13.0. The molecule has 1 unspecified atom stereocenters. The largest absolute Gasteiger partial charge is 0.464 e. The first-order valence-electron chi connectivity index (χ1n) is 8.68. The molecular weight excluding hydrogens is 336 g/mol. The van der Waals surface area contributed by atoms with E-state index in [2.05, 4.69) is 16.3 Å². The van der Waals surface area contributed by atoms with E-state index in [9.17, 15) is 4.79 Å². The molecule has 0 saturated heterocycles. The Morgan fingerprint density at radius 2 is 2.12 bits per heavy atom. The molecule has 5 nitrogen and oxygen atoms in total. The third-order valence-electron chi connectivity index (χ3n) is 4.44. The first-order chi connectivity index (χ1) is 12.0. The minimum absolute atomic E-state index is 0.113. The van der Waals surface area contributed by atoms with Crippen molar-refractivity contribution in [3.8, 4) is 0 Å². The molecule has 0 N–H and O–H groups in total. The Balaban J connectivity index is 1.68. The Morgan fingerprint density at radius 1 is 1.28 bits per heavy atom. The van der Waals surface area contributed by atoms with Crippen LogP contribution in [0.2, 0.25) is 0 Å². The van der Waals surface area contributed by atoms with Gasteiger partial charge in [0, 0.05) is 18.0 Å². The van der Waals surface area contributed by atoms with Crippen molar-refractivity contribution < 1.29 is 13.9 Å². The molecular formula is C19H26N2O3S. The van der Waals surface area contributed by atoms with Crippen molar-refractivity contribution in [2.45, 2.75) is 32.4 Å². The molecule has 3 rings (SSSR count). The number of ether oxygens (including phenoxy) is 1. The van der Waals surface area contributed by atoms with E-state index < -0.39 is 0 Å². The molecule has 1 amide bonds. The summed E-state index contributed by atoms with van der Waals surface area (Å²) in [4.78, 5) is 18.1. The molecule has 136 valence electrons. The number of likely N-dealkylation sites (N-methyl/N-ethyl adjacent to an activating group) is 1. The van der Waals surface area contributed by atoms with E-state index in [4.69, 9.17) is 9.15 Å². The number of furan rings is 1. The van der Waals surface area contributed by atoms with Crippen LogP contribution in [-0.4, -0.2) is 49.5 Å². The third kappa shape index (κ3) is 4.71. The predicted molar refractivity (Wildman–Crippen MR) is 98.7 cm³/mol. The Bertz CT molecular complexity index is 707. The van der Waals surface area contributed by atoms with E-state index in [1.807, 2.05) is 38.1 Å². The third-order valence-corrected chi connectivity index (χ3v) is 5.49. The SMILES string of the molecule is Cc1ccc(CN(CCN(C)C)C(=O)CC2OCCc3ccsc32)o1. The number of rotatable bonds is 7. The van der Waals surface area contributed by atoms with Crippen molar-refractivity contribution >= 4 is 17.2 Å². The summed E-state index contributed by atoms with van der Waals surface area (Å²) in [7, 11) is 4.03. The Morgan fingerprint density at radius 3 is 2.84 bits per heavy atom. The van der Waals surface area contributed by atoms with Crippen LogP contribution in [0.4, 0.5) is 0 Å². The monoisotopic (exact) mass is 362 g/mol. The van der Waals surface area contributed by atoms with Crippen molar-refractivity contribution in [2.75, 3.05) is 33.8 Å². The van der Waals surface area contributed by atoms with E-state index in [0.717, 1.165) is 24.5 Å². The second-order valence-corrected chi connectivity index (χ2v) is 7.70. The van der Waals surface area contributed by atoms with Crippen LogP contribution in [-0.2, 0) is 22.5 Å². The lowest BCUT2D eigenvalue weighted by atomic mass is 10.0. The number of hydrogen-bond donors (Lipinski definition) is 0. The van der Waals surface area contributed by atoms with Gasteiger partial charge in [-0.25, -0.2) is 0 Å². The highest BCUT2D eigenvalue weighted by atomic mass is 32.1. The molecule has 0 aromatic carbocycles. The second kappa shape index (κ2) is 8.17. The molecule has 0 spiro atoms. The van der Waals surface area contributed by atoms with E-state index in [-0.39, 0.29) is 12.0 Å². The van der Waals surface area contributed by atoms with Crippen LogP contribution in [0.3, 0.4) is 0 Å². The van der Waals surface area contributed by atoms with Crippen LogP contribution >= 0.6 is 11.3 Å². The quantitative estimate of drug-likeness (QED) is 0.759. The molecule has 25 heavy (non-hydrogen) atoms. The fourth-order valence-electron chi connectivity index (χ4n) is 3.03. The van der Waals surface area contributed by atoms with E-state index >= 15 is 0 Å². The summed E-state index contributed by atoms with van der Waals surface area (Å²) in [6.45, 7) is 4.61. The maximum Gasteiger partial charge on any atom is 0.226 e. The highest BCUT2D eigenvalue weighted by Crippen LogP contribution is 2.34. The number of fused-ring (bicyclic) bond motifs is 1. The number of aryl methyl sites for hydroxylation is 1. The lowest BCUT2D eigenvalue weighted by Crippen LogP contribution is -2.37. The number of hydrogen-bond acceptors (Lipinski definition) is 5. The van der Waals surface area contributed by atoms with E-state index in [1.54, 1.807) is 11.3 Å². The summed E-state index contributed by atoms with van der Waals surface area (Å²) < 4.78 is 11.6. The standard InChI is InChI=1S/C19H26N2O3S/c1-14-4-5-16(24-14)13-21(9-8-20(2)3)18(22)12-17-19-15(6-10-23-17)7-11-25-19/h4-5,7,11,17H,6,8-10,12-13H2,1-3H3. The van der Waals surface area contributed by atoms with Gasteiger partial charge >= 0.3 is 0 Å². The summed E-state index contributed by atoms with van der Waals surface area (Å²) in [6.07, 6.45) is 1.22. The van der Waals surface area contributed by atoms with Crippen LogP contribution in [0.1, 0.15) is 34.5 Å². The smallest absolute Gasteiger partial charge is 0.226 e. The summed E-state index contributed by atoms with van der Waals surface area (Å²) in [5.41, 5.74) is 1.33. The Kier molecular flexibility index (Phi) is 5.93. The van der Waals surface area contributed by atoms with Crippen molar-refractivity contribution in [1.29, 1.82) is 0 Å². The molecule has 0 bridgehead atoms. The first kappa shape index (κ1) is 18.2. The van der Waals surface area contributed by atoms with Gasteiger partial charge in [0.1, 0.15) is 17.6 Å². The second-order valence-electron chi connectivity index (χ2n) is 6.75. The zero-order chi connectivity index (χ0) is 17.8. The highest BCUT2D eigenvalue weighted by molar-refractivity contribution is 7.10. The van der Waals surface area contributed by atoms with Gasteiger partial charge in [0.25, 0.3) is 0 Å². The van der Waals surface area contributed by atoms with E-state index in [1.165, 1.54) is 10.4 Å². The van der Waals surface area contributed by atoms with Crippen LogP contribution in [0.15, 0.2) is 28.0 Å². The molecule has 6 heteroatoms. The van der Waals surface area contributed by atoms with Crippen LogP contribution in [0, 0.1) is 6.92 Å². The number of amides is 1. The molecule has 0 radical (unpaired) electrons. The number of carbonyl (C=O) groups excluding carboxylic acids is 1. The normalized spacial score (nSPS) is 16.9. The van der Waals surface area contributed by atoms with Gasteiger partial charge in [-0.1, -0.05) is 0 Å². The average molecular weight is 362 g/mol. The summed E-state index contributed by atoms with van der Waals surface area (Å²) in [5.74, 6) is 1.81. The van der Waals surface area contributed by atoms with Gasteiger partial charge in [-0.05, 0) is 56.6 Å². The van der Waals surface area contributed by atoms with Gasteiger partial charge in [-0.2, -0.15) is 0 Å². The van der Waals surface area contributed by atoms with Gasteiger partial charge in [0.05, 0.1) is 19.6 Å². The van der Waals surface area contributed by atoms with Crippen molar-refractivity contribution in [1.82, 2.24) is 9.80 Å². The van der Waals surface area contributed by atoms with Crippen molar-refractivity contribution in [2.24, 2.45) is 0 Å². The average Bonchev–Trinajstić information content (AvgIpc) is 3.20.